The molecule has 5 nitrogen and oxygen atoms in total. The molecule has 2 rings (SSSR count). The van der Waals surface area contributed by atoms with Gasteiger partial charge in [0.25, 0.3) is 0 Å². The van der Waals surface area contributed by atoms with Crippen molar-refractivity contribution >= 4 is 64.5 Å². The lowest BCUT2D eigenvalue weighted by Crippen LogP contribution is -2.36. The zero-order chi connectivity index (χ0) is 16.1. The molecule has 0 radical (unpaired) electrons. The Morgan fingerprint density at radius 3 is 2.65 bits per heavy atom. The summed E-state index contributed by atoms with van der Waals surface area (Å²) >= 11 is 13.8. The highest BCUT2D eigenvalue weighted by molar-refractivity contribution is 14.0. The fourth-order valence-corrected chi connectivity index (χ4v) is 3.03. The lowest BCUT2D eigenvalue weighted by atomic mass is 10.4. The molecule has 0 atom stereocenters. The molecule has 0 saturated heterocycles. The molecule has 0 aromatic carbocycles. The molecule has 0 spiro atoms. The summed E-state index contributed by atoms with van der Waals surface area (Å²) in [6, 6.07) is 1.83. The Labute approximate surface area is 167 Å². The maximum absolute atomic E-state index is 6.06. The first-order valence-electron chi connectivity index (χ1n) is 6.94. The average molecular weight is 488 g/mol. The number of thiazole rings is 1. The van der Waals surface area contributed by atoms with E-state index >= 15 is 0 Å². The zero-order valence-corrected chi connectivity index (χ0v) is 17.8. The van der Waals surface area contributed by atoms with E-state index in [0.717, 1.165) is 23.2 Å². The van der Waals surface area contributed by atoms with Gasteiger partial charge in [-0.25, -0.2) is 9.98 Å². The average Bonchev–Trinajstić information content (AvgIpc) is 3.01. The standard InChI is InChI=1S/C14H19Cl2N5S.HI/c1-4-17-14(20-8-12-18-6-9(2)22-12)19-7-10-5-11(15)13(16)21(10)3;/h5-6H,4,7-8H2,1-3H3,(H2,17,19,20);1H. The van der Waals surface area contributed by atoms with Gasteiger partial charge >= 0.3 is 0 Å². The number of hydrogen-bond acceptors (Lipinski definition) is 3. The molecule has 0 bridgehead atoms. The molecule has 0 amide bonds. The van der Waals surface area contributed by atoms with Gasteiger partial charge in [-0.2, -0.15) is 0 Å². The van der Waals surface area contributed by atoms with Crippen molar-refractivity contribution in [1.29, 1.82) is 0 Å². The highest BCUT2D eigenvalue weighted by atomic mass is 127. The van der Waals surface area contributed by atoms with Gasteiger partial charge in [-0.3, -0.25) is 0 Å². The van der Waals surface area contributed by atoms with E-state index < -0.39 is 0 Å². The SMILES string of the molecule is CCNC(=NCc1cc(Cl)c(Cl)n1C)NCc1ncc(C)s1.I. The first-order valence-corrected chi connectivity index (χ1v) is 8.51. The number of halogens is 3. The largest absolute Gasteiger partial charge is 0.357 e. The Morgan fingerprint density at radius 2 is 2.13 bits per heavy atom. The second kappa shape index (κ2) is 9.71. The molecular weight excluding hydrogens is 468 g/mol. The quantitative estimate of drug-likeness (QED) is 0.381. The minimum absolute atomic E-state index is 0. The van der Waals surface area contributed by atoms with Crippen molar-refractivity contribution in [2.24, 2.45) is 12.0 Å². The number of aryl methyl sites for hydroxylation is 1. The van der Waals surface area contributed by atoms with Gasteiger partial charge in [-0.05, 0) is 19.9 Å². The van der Waals surface area contributed by atoms with Crippen molar-refractivity contribution in [3.63, 3.8) is 0 Å². The third-order valence-electron chi connectivity index (χ3n) is 3.04. The Hall–Kier alpha value is -0.510. The number of rotatable bonds is 5. The van der Waals surface area contributed by atoms with E-state index in [9.17, 15) is 0 Å². The van der Waals surface area contributed by atoms with Crippen molar-refractivity contribution in [1.82, 2.24) is 20.2 Å². The first kappa shape index (κ1) is 20.5. The molecule has 128 valence electrons. The fraction of sp³-hybridized carbons (Fsp3) is 0.429. The highest BCUT2D eigenvalue weighted by Gasteiger charge is 2.09. The third kappa shape index (κ3) is 5.81. The molecule has 23 heavy (non-hydrogen) atoms. The normalized spacial score (nSPS) is 11.3. The predicted octanol–water partition coefficient (Wildman–Crippen LogP) is 3.97. The second-order valence-corrected chi connectivity index (χ2v) is 6.83. The summed E-state index contributed by atoms with van der Waals surface area (Å²) < 4.78 is 1.83. The summed E-state index contributed by atoms with van der Waals surface area (Å²) in [5.74, 6) is 0.740. The molecule has 0 aliphatic heterocycles. The van der Waals surface area contributed by atoms with Crippen molar-refractivity contribution in [2.75, 3.05) is 6.54 Å². The van der Waals surface area contributed by atoms with Gasteiger partial charge in [-0.15, -0.1) is 35.3 Å². The van der Waals surface area contributed by atoms with Crippen LogP contribution in [0.2, 0.25) is 10.2 Å². The van der Waals surface area contributed by atoms with E-state index in [4.69, 9.17) is 23.2 Å². The molecule has 2 heterocycles. The van der Waals surface area contributed by atoms with Gasteiger partial charge in [-0.1, -0.05) is 23.2 Å². The van der Waals surface area contributed by atoms with Crippen molar-refractivity contribution in [3.8, 4) is 0 Å². The zero-order valence-electron chi connectivity index (χ0n) is 13.2. The van der Waals surface area contributed by atoms with Gasteiger partial charge in [0, 0.05) is 30.4 Å². The second-order valence-electron chi connectivity index (χ2n) is 4.75. The first-order chi connectivity index (χ1) is 10.5. The number of nitrogens with zero attached hydrogens (tertiary/aromatic N) is 3. The van der Waals surface area contributed by atoms with E-state index in [1.165, 1.54) is 4.88 Å². The number of aliphatic imine (C=N–C) groups is 1. The lowest BCUT2D eigenvalue weighted by molar-refractivity contribution is 0.785. The van der Waals surface area contributed by atoms with Gasteiger partial charge < -0.3 is 15.2 Å². The summed E-state index contributed by atoms with van der Waals surface area (Å²) in [4.78, 5) is 10.1. The molecule has 0 aliphatic rings. The predicted molar refractivity (Wildman–Crippen MR) is 109 cm³/mol. The summed E-state index contributed by atoms with van der Waals surface area (Å²) in [6.45, 7) is 6.01. The fourth-order valence-electron chi connectivity index (χ4n) is 1.88. The molecule has 2 N–H and O–H groups in total. The van der Waals surface area contributed by atoms with Gasteiger partial charge in [0.05, 0.1) is 18.1 Å². The summed E-state index contributed by atoms with van der Waals surface area (Å²) in [7, 11) is 1.87. The smallest absolute Gasteiger partial charge is 0.191 e. The minimum Gasteiger partial charge on any atom is -0.357 e. The lowest BCUT2D eigenvalue weighted by Gasteiger charge is -2.10. The molecule has 0 fully saturated rings. The number of nitrogens with one attached hydrogen (secondary N) is 2. The molecule has 2 aromatic rings. The van der Waals surface area contributed by atoms with Crippen LogP contribution in [-0.4, -0.2) is 22.1 Å². The summed E-state index contributed by atoms with van der Waals surface area (Å²) in [6.07, 6.45) is 1.87. The summed E-state index contributed by atoms with van der Waals surface area (Å²) in [5.41, 5.74) is 0.956. The molecule has 0 unspecified atom stereocenters. The van der Waals surface area contributed by atoms with Crippen LogP contribution in [0.5, 0.6) is 0 Å². The molecule has 0 aliphatic carbocycles. The van der Waals surface area contributed by atoms with Gasteiger partial charge in [0.1, 0.15) is 10.2 Å². The van der Waals surface area contributed by atoms with E-state index in [2.05, 4.69) is 20.6 Å². The van der Waals surface area contributed by atoms with Crippen LogP contribution in [0.15, 0.2) is 17.3 Å². The van der Waals surface area contributed by atoms with Crippen LogP contribution in [-0.2, 0) is 20.1 Å². The molecule has 0 saturated carbocycles. The van der Waals surface area contributed by atoms with Crippen LogP contribution in [0, 0.1) is 6.92 Å². The van der Waals surface area contributed by atoms with Crippen LogP contribution in [0.4, 0.5) is 0 Å². The van der Waals surface area contributed by atoms with Crippen molar-refractivity contribution < 1.29 is 0 Å². The van der Waals surface area contributed by atoms with E-state index in [1.54, 1.807) is 11.3 Å². The van der Waals surface area contributed by atoms with Crippen LogP contribution >= 0.6 is 58.5 Å². The third-order valence-corrected chi connectivity index (χ3v) is 4.79. The van der Waals surface area contributed by atoms with Crippen LogP contribution in [0.25, 0.3) is 0 Å². The van der Waals surface area contributed by atoms with Crippen LogP contribution in [0.3, 0.4) is 0 Å². The van der Waals surface area contributed by atoms with Gasteiger partial charge in [0.2, 0.25) is 0 Å². The number of aromatic nitrogens is 2. The molecule has 9 heteroatoms. The van der Waals surface area contributed by atoms with E-state index in [-0.39, 0.29) is 24.0 Å². The van der Waals surface area contributed by atoms with E-state index in [1.807, 2.05) is 37.7 Å². The van der Waals surface area contributed by atoms with Crippen molar-refractivity contribution in [2.45, 2.75) is 26.9 Å². The van der Waals surface area contributed by atoms with Crippen LogP contribution in [0.1, 0.15) is 22.5 Å². The maximum atomic E-state index is 6.06. The Morgan fingerprint density at radius 1 is 1.39 bits per heavy atom. The van der Waals surface area contributed by atoms with E-state index in [0.29, 0.717) is 23.3 Å². The van der Waals surface area contributed by atoms with Gasteiger partial charge in [0.15, 0.2) is 5.96 Å². The minimum atomic E-state index is 0. The highest BCUT2D eigenvalue weighted by Crippen LogP contribution is 2.25. The molecular formula is C14H20Cl2IN5S. The number of hydrogen-bond donors (Lipinski definition) is 2. The Kier molecular flexibility index (Phi) is 8.66. The monoisotopic (exact) mass is 487 g/mol. The van der Waals surface area contributed by atoms with Crippen LogP contribution < -0.4 is 10.6 Å². The Bertz CT molecular complexity index is 668. The summed E-state index contributed by atoms with van der Waals surface area (Å²) in [5, 5.41) is 8.60. The topological polar surface area (TPSA) is 54.2 Å². The number of guanidine groups is 1. The Balaban J connectivity index is 0.00000264. The maximum Gasteiger partial charge on any atom is 0.191 e. The molecule has 2 aromatic heterocycles. The van der Waals surface area contributed by atoms with Crippen molar-refractivity contribution in [3.05, 3.63) is 38.0 Å².